The van der Waals surface area contributed by atoms with Crippen LogP contribution in [0.1, 0.15) is 18.1 Å². The number of anilines is 1. The zero-order valence-corrected chi connectivity index (χ0v) is 17.8. The fraction of sp³-hybridized carbons (Fsp3) is 0.167. The molecule has 1 amide bonds. The predicted molar refractivity (Wildman–Crippen MR) is 120 cm³/mol. The van der Waals surface area contributed by atoms with Crippen LogP contribution < -0.4 is 15.5 Å². The van der Waals surface area contributed by atoms with Gasteiger partial charge in [-0.25, -0.2) is 0 Å². The Bertz CT molecular complexity index is 1310. The molecule has 0 bridgehead atoms. The van der Waals surface area contributed by atoms with Crippen molar-refractivity contribution in [2.45, 2.75) is 20.3 Å². The van der Waals surface area contributed by atoms with E-state index in [0.717, 1.165) is 17.5 Å². The van der Waals surface area contributed by atoms with Crippen LogP contribution in [0, 0.1) is 6.92 Å². The van der Waals surface area contributed by atoms with Crippen LogP contribution in [0.2, 0.25) is 5.02 Å². The second-order valence-electron chi connectivity index (χ2n) is 7.05. The smallest absolute Gasteiger partial charge is 0.262 e. The van der Waals surface area contributed by atoms with Gasteiger partial charge in [-0.05, 0) is 60.9 Å². The van der Waals surface area contributed by atoms with Crippen molar-refractivity contribution in [3.05, 3.63) is 81.2 Å². The lowest BCUT2D eigenvalue weighted by molar-refractivity contribution is -0.118. The zero-order valence-electron chi connectivity index (χ0n) is 17.0. The topological polar surface area (TPSA) is 81.7 Å². The van der Waals surface area contributed by atoms with Crippen molar-refractivity contribution in [1.29, 1.82) is 0 Å². The number of fused-ring (bicyclic) bond motifs is 1. The molecule has 0 saturated heterocycles. The molecule has 0 atom stereocenters. The fourth-order valence-electron chi connectivity index (χ4n) is 3.15. The molecule has 0 fully saturated rings. The van der Waals surface area contributed by atoms with Crippen molar-refractivity contribution < 1.29 is 18.4 Å². The minimum atomic E-state index is -0.438. The first-order valence-electron chi connectivity index (χ1n) is 9.78. The Kier molecular flexibility index (Phi) is 5.82. The van der Waals surface area contributed by atoms with Crippen molar-refractivity contribution in [2.24, 2.45) is 0 Å². The number of aryl methyl sites for hydroxylation is 2. The average molecular weight is 438 g/mol. The fourth-order valence-corrected chi connectivity index (χ4v) is 3.33. The van der Waals surface area contributed by atoms with E-state index in [4.69, 9.17) is 25.2 Å². The molecule has 0 aliphatic heterocycles. The summed E-state index contributed by atoms with van der Waals surface area (Å²) in [7, 11) is 0. The molecule has 31 heavy (non-hydrogen) atoms. The van der Waals surface area contributed by atoms with Crippen LogP contribution in [0.4, 0.5) is 5.69 Å². The van der Waals surface area contributed by atoms with Crippen molar-refractivity contribution in [3.8, 4) is 17.3 Å². The van der Waals surface area contributed by atoms with E-state index in [9.17, 15) is 9.59 Å². The van der Waals surface area contributed by atoms with E-state index in [1.54, 1.807) is 42.5 Å². The molecular weight excluding hydrogens is 418 g/mol. The van der Waals surface area contributed by atoms with E-state index in [-0.39, 0.29) is 23.5 Å². The van der Waals surface area contributed by atoms with Gasteiger partial charge in [0.15, 0.2) is 12.4 Å². The Labute approximate surface area is 183 Å². The van der Waals surface area contributed by atoms with E-state index in [1.807, 2.05) is 19.9 Å². The first-order valence-corrected chi connectivity index (χ1v) is 10.2. The van der Waals surface area contributed by atoms with Gasteiger partial charge in [0, 0.05) is 10.7 Å². The van der Waals surface area contributed by atoms with Crippen LogP contribution in [0.15, 0.2) is 68.4 Å². The van der Waals surface area contributed by atoms with Gasteiger partial charge in [-0.2, -0.15) is 0 Å². The summed E-state index contributed by atoms with van der Waals surface area (Å²) in [6.07, 6.45) is 2.24. The lowest BCUT2D eigenvalue weighted by Crippen LogP contribution is -2.22. The highest BCUT2D eigenvalue weighted by Gasteiger charge is 2.21. The van der Waals surface area contributed by atoms with Crippen molar-refractivity contribution >= 4 is 34.2 Å². The summed E-state index contributed by atoms with van der Waals surface area (Å²) in [6, 6.07) is 14.0. The lowest BCUT2D eigenvalue weighted by atomic mass is 10.1. The minimum Gasteiger partial charge on any atom is -0.476 e. The average Bonchev–Trinajstić information content (AvgIpc) is 3.30. The van der Waals surface area contributed by atoms with Crippen molar-refractivity contribution in [2.75, 3.05) is 11.9 Å². The second-order valence-corrected chi connectivity index (χ2v) is 7.46. The molecule has 0 radical (unpaired) electrons. The maximum Gasteiger partial charge on any atom is 0.262 e. The third-order valence-electron chi connectivity index (χ3n) is 4.87. The van der Waals surface area contributed by atoms with Crippen LogP contribution in [-0.2, 0) is 11.2 Å². The predicted octanol–water partition coefficient (Wildman–Crippen LogP) is 5.59. The van der Waals surface area contributed by atoms with Gasteiger partial charge < -0.3 is 18.9 Å². The zero-order chi connectivity index (χ0) is 22.0. The standard InChI is InChI=1S/C24H20ClNO5/c1-3-15-7-9-19-17(11-15)22(28)24(23(31-19)20-5-4-10-29-20)30-13-21(27)26-16-8-6-14(2)18(25)12-16/h4-12H,3,13H2,1-2H3,(H,26,27). The molecule has 2 aromatic carbocycles. The molecule has 0 aliphatic rings. The molecule has 2 aromatic heterocycles. The quantitative estimate of drug-likeness (QED) is 0.425. The maximum atomic E-state index is 13.2. The second kappa shape index (κ2) is 8.70. The number of carbonyl (C=O) groups is 1. The number of carbonyl (C=O) groups excluding carboxylic acids is 1. The van der Waals surface area contributed by atoms with Crippen LogP contribution in [0.3, 0.4) is 0 Å². The van der Waals surface area contributed by atoms with E-state index in [1.165, 1.54) is 6.26 Å². The number of rotatable bonds is 6. The SMILES string of the molecule is CCc1ccc2oc(-c3ccco3)c(OCC(=O)Nc3ccc(C)c(Cl)c3)c(=O)c2c1. The Morgan fingerprint density at radius 1 is 1.16 bits per heavy atom. The number of nitrogens with one attached hydrogen (secondary N) is 1. The van der Waals surface area contributed by atoms with Crippen LogP contribution in [-0.4, -0.2) is 12.5 Å². The van der Waals surface area contributed by atoms with E-state index < -0.39 is 5.91 Å². The van der Waals surface area contributed by atoms with E-state index in [0.29, 0.717) is 27.4 Å². The number of furan rings is 1. The number of amides is 1. The van der Waals surface area contributed by atoms with Crippen molar-refractivity contribution in [3.63, 3.8) is 0 Å². The van der Waals surface area contributed by atoms with Gasteiger partial charge in [-0.15, -0.1) is 0 Å². The summed E-state index contributed by atoms with van der Waals surface area (Å²) < 4.78 is 17.0. The van der Waals surface area contributed by atoms with Gasteiger partial charge in [0.1, 0.15) is 5.58 Å². The summed E-state index contributed by atoms with van der Waals surface area (Å²) in [5.41, 5.74) is 2.48. The van der Waals surface area contributed by atoms with Crippen LogP contribution in [0.5, 0.6) is 5.75 Å². The molecule has 0 aliphatic carbocycles. The molecule has 0 unspecified atom stereocenters. The van der Waals surface area contributed by atoms with Crippen LogP contribution in [0.25, 0.3) is 22.5 Å². The number of halogens is 1. The minimum absolute atomic E-state index is 0.0761. The Balaban J connectivity index is 1.65. The Morgan fingerprint density at radius 2 is 2.00 bits per heavy atom. The van der Waals surface area contributed by atoms with Crippen LogP contribution >= 0.6 is 11.6 Å². The van der Waals surface area contributed by atoms with Gasteiger partial charge in [-0.3, -0.25) is 9.59 Å². The molecule has 4 rings (SSSR count). The highest BCUT2D eigenvalue weighted by Crippen LogP contribution is 2.31. The highest BCUT2D eigenvalue weighted by atomic mass is 35.5. The molecule has 6 nitrogen and oxygen atoms in total. The maximum absolute atomic E-state index is 13.2. The molecule has 0 spiro atoms. The molecular formula is C24H20ClNO5. The number of benzene rings is 2. The summed E-state index contributed by atoms with van der Waals surface area (Å²) >= 11 is 6.10. The van der Waals surface area contributed by atoms with Gasteiger partial charge in [0.25, 0.3) is 5.91 Å². The number of hydrogen-bond acceptors (Lipinski definition) is 5. The Hall–Kier alpha value is -3.51. The first kappa shape index (κ1) is 20.8. The molecule has 2 heterocycles. The van der Waals surface area contributed by atoms with Gasteiger partial charge in [0.05, 0.1) is 11.6 Å². The van der Waals surface area contributed by atoms with Gasteiger partial charge >= 0.3 is 0 Å². The molecule has 0 saturated carbocycles. The van der Waals surface area contributed by atoms with E-state index >= 15 is 0 Å². The molecule has 158 valence electrons. The van der Waals surface area contributed by atoms with E-state index in [2.05, 4.69) is 5.32 Å². The number of hydrogen-bond donors (Lipinski definition) is 1. The normalized spacial score (nSPS) is 10.9. The lowest BCUT2D eigenvalue weighted by Gasteiger charge is -2.11. The molecule has 7 heteroatoms. The Morgan fingerprint density at radius 3 is 2.71 bits per heavy atom. The van der Waals surface area contributed by atoms with Gasteiger partial charge in [0.2, 0.25) is 16.9 Å². The summed E-state index contributed by atoms with van der Waals surface area (Å²) in [4.78, 5) is 25.6. The highest BCUT2D eigenvalue weighted by molar-refractivity contribution is 6.31. The monoisotopic (exact) mass is 437 g/mol. The largest absolute Gasteiger partial charge is 0.476 e. The number of ether oxygens (including phenoxy) is 1. The molecule has 1 N–H and O–H groups in total. The van der Waals surface area contributed by atoms with Crippen molar-refractivity contribution in [1.82, 2.24) is 0 Å². The third kappa shape index (κ3) is 4.34. The summed E-state index contributed by atoms with van der Waals surface area (Å²) in [5.74, 6) is -0.0443. The third-order valence-corrected chi connectivity index (χ3v) is 5.28. The summed E-state index contributed by atoms with van der Waals surface area (Å²) in [5, 5.41) is 3.63. The van der Waals surface area contributed by atoms with Gasteiger partial charge in [-0.1, -0.05) is 30.7 Å². The first-order chi connectivity index (χ1) is 15.0. The molecule has 4 aromatic rings. The summed E-state index contributed by atoms with van der Waals surface area (Å²) in [6.45, 7) is 3.48.